The number of rotatable bonds is 4. The minimum absolute atomic E-state index is 0.902. The molecule has 0 atom stereocenters. The van der Waals surface area contributed by atoms with Crippen LogP contribution in [0.15, 0.2) is 0 Å². The predicted molar refractivity (Wildman–Crippen MR) is 66.0 cm³/mol. The van der Waals surface area contributed by atoms with Crippen LogP contribution in [0.5, 0.6) is 0 Å². The Morgan fingerprint density at radius 1 is 1.07 bits per heavy atom. The lowest BCUT2D eigenvalue weighted by atomic mass is 9.82. The Balaban J connectivity index is 1.60. The van der Waals surface area contributed by atoms with Crippen molar-refractivity contribution in [2.24, 2.45) is 17.8 Å². The molecule has 15 heavy (non-hydrogen) atoms. The highest BCUT2D eigenvalue weighted by molar-refractivity contribution is 4.76. The monoisotopic (exact) mass is 209 g/mol. The first-order valence-corrected chi connectivity index (χ1v) is 6.98. The first-order valence-electron chi connectivity index (χ1n) is 6.98. The fourth-order valence-electron chi connectivity index (χ4n) is 2.99. The van der Waals surface area contributed by atoms with Gasteiger partial charge >= 0.3 is 0 Å². The molecule has 0 aromatic carbocycles. The van der Waals surface area contributed by atoms with Crippen LogP contribution in [0.25, 0.3) is 0 Å². The maximum atomic E-state index is 2.71. The summed E-state index contributed by atoms with van der Waals surface area (Å²) in [7, 11) is 0. The summed E-state index contributed by atoms with van der Waals surface area (Å²) in [4.78, 5) is 2.71. The van der Waals surface area contributed by atoms with Gasteiger partial charge in [0.25, 0.3) is 0 Å². The lowest BCUT2D eigenvalue weighted by Crippen LogP contribution is -2.36. The molecule has 0 amide bonds. The summed E-state index contributed by atoms with van der Waals surface area (Å²) in [5.41, 5.74) is 0. The fourth-order valence-corrected chi connectivity index (χ4v) is 2.99. The molecule has 1 heterocycles. The topological polar surface area (TPSA) is 3.24 Å². The number of hydrogen-bond donors (Lipinski definition) is 0. The normalized spacial score (nSPS) is 25.8. The van der Waals surface area contributed by atoms with E-state index in [-0.39, 0.29) is 0 Å². The minimum Gasteiger partial charge on any atom is -0.303 e. The van der Waals surface area contributed by atoms with Crippen molar-refractivity contribution in [2.45, 2.75) is 52.4 Å². The molecule has 88 valence electrons. The van der Waals surface area contributed by atoms with E-state index >= 15 is 0 Å². The molecule has 2 rings (SSSR count). The highest BCUT2D eigenvalue weighted by atomic mass is 15.1. The van der Waals surface area contributed by atoms with Gasteiger partial charge in [-0.1, -0.05) is 33.1 Å². The van der Waals surface area contributed by atoms with E-state index in [0.717, 1.165) is 17.8 Å². The number of likely N-dealkylation sites (tertiary alicyclic amines) is 1. The Morgan fingerprint density at radius 3 is 2.20 bits per heavy atom. The van der Waals surface area contributed by atoms with Gasteiger partial charge in [-0.3, -0.25) is 0 Å². The highest BCUT2D eigenvalue weighted by Crippen LogP contribution is 2.30. The molecule has 1 heteroatoms. The van der Waals surface area contributed by atoms with Crippen molar-refractivity contribution in [2.75, 3.05) is 19.6 Å². The average molecular weight is 209 g/mol. The summed E-state index contributed by atoms with van der Waals surface area (Å²) >= 11 is 0. The van der Waals surface area contributed by atoms with Crippen molar-refractivity contribution in [1.82, 2.24) is 4.90 Å². The van der Waals surface area contributed by atoms with E-state index < -0.39 is 0 Å². The van der Waals surface area contributed by atoms with Crippen molar-refractivity contribution >= 4 is 0 Å². The Hall–Kier alpha value is -0.0400. The quantitative estimate of drug-likeness (QED) is 0.684. The van der Waals surface area contributed by atoms with Crippen molar-refractivity contribution in [3.63, 3.8) is 0 Å². The van der Waals surface area contributed by atoms with Crippen molar-refractivity contribution < 1.29 is 0 Å². The van der Waals surface area contributed by atoms with Crippen molar-refractivity contribution in [1.29, 1.82) is 0 Å². The standard InChI is InChI=1S/C14H27N/c1-12(2)14-7-10-15(11-8-14)9-6-13-4-3-5-13/h12-14H,3-11H2,1-2H3. The summed E-state index contributed by atoms with van der Waals surface area (Å²) in [6.45, 7) is 8.89. The molecule has 1 saturated carbocycles. The van der Waals surface area contributed by atoms with E-state index in [4.69, 9.17) is 0 Å². The van der Waals surface area contributed by atoms with Gasteiger partial charge in [0.15, 0.2) is 0 Å². The Bertz CT molecular complexity index is 176. The summed E-state index contributed by atoms with van der Waals surface area (Å²) < 4.78 is 0. The molecule has 0 radical (unpaired) electrons. The van der Waals surface area contributed by atoms with Crippen LogP contribution in [0.3, 0.4) is 0 Å². The summed E-state index contributed by atoms with van der Waals surface area (Å²) in [5, 5.41) is 0. The lowest BCUT2D eigenvalue weighted by molar-refractivity contribution is 0.140. The van der Waals surface area contributed by atoms with Gasteiger partial charge in [-0.05, 0) is 56.7 Å². The van der Waals surface area contributed by atoms with E-state index in [1.54, 1.807) is 0 Å². The number of hydrogen-bond acceptors (Lipinski definition) is 1. The molecule has 2 fully saturated rings. The van der Waals surface area contributed by atoms with Crippen molar-refractivity contribution in [3.05, 3.63) is 0 Å². The van der Waals surface area contributed by atoms with E-state index in [9.17, 15) is 0 Å². The highest BCUT2D eigenvalue weighted by Gasteiger charge is 2.23. The van der Waals surface area contributed by atoms with Crippen molar-refractivity contribution in [3.8, 4) is 0 Å². The smallest absolute Gasteiger partial charge is 0.00160 e. The Kier molecular flexibility index (Phi) is 4.07. The van der Waals surface area contributed by atoms with Crippen LogP contribution in [0.1, 0.15) is 52.4 Å². The van der Waals surface area contributed by atoms with Gasteiger partial charge in [0.2, 0.25) is 0 Å². The van der Waals surface area contributed by atoms with E-state index in [2.05, 4.69) is 18.7 Å². The summed E-state index contributed by atoms with van der Waals surface area (Å²) in [6.07, 6.45) is 8.90. The minimum atomic E-state index is 0.902. The van der Waals surface area contributed by atoms with E-state index in [1.165, 1.54) is 58.2 Å². The zero-order chi connectivity index (χ0) is 10.7. The van der Waals surface area contributed by atoms with Gasteiger partial charge in [-0.15, -0.1) is 0 Å². The number of nitrogens with zero attached hydrogens (tertiary/aromatic N) is 1. The van der Waals surface area contributed by atoms with Gasteiger partial charge in [0.05, 0.1) is 0 Å². The fraction of sp³-hybridized carbons (Fsp3) is 1.00. The summed E-state index contributed by atoms with van der Waals surface area (Å²) in [5.74, 6) is 3.00. The second kappa shape index (κ2) is 5.34. The molecule has 0 bridgehead atoms. The van der Waals surface area contributed by atoms with Gasteiger partial charge in [-0.2, -0.15) is 0 Å². The molecular formula is C14H27N. The maximum absolute atomic E-state index is 2.71. The third-order valence-electron chi connectivity index (χ3n) is 4.65. The second-order valence-corrected chi connectivity index (χ2v) is 6.01. The van der Waals surface area contributed by atoms with Gasteiger partial charge in [-0.25, -0.2) is 0 Å². The molecular weight excluding hydrogens is 182 g/mol. The largest absolute Gasteiger partial charge is 0.303 e. The third kappa shape index (κ3) is 3.21. The first kappa shape index (κ1) is 11.4. The predicted octanol–water partition coefficient (Wildman–Crippen LogP) is 3.54. The molecule has 0 unspecified atom stereocenters. The molecule has 0 N–H and O–H groups in total. The van der Waals surface area contributed by atoms with E-state index in [1.807, 2.05) is 0 Å². The third-order valence-corrected chi connectivity index (χ3v) is 4.65. The molecule has 0 spiro atoms. The molecule has 1 aliphatic carbocycles. The van der Waals surface area contributed by atoms with Crippen LogP contribution in [0.2, 0.25) is 0 Å². The van der Waals surface area contributed by atoms with Crippen LogP contribution >= 0.6 is 0 Å². The van der Waals surface area contributed by atoms with Crippen LogP contribution in [0, 0.1) is 17.8 Å². The molecule has 0 aromatic rings. The van der Waals surface area contributed by atoms with Gasteiger partial charge in [0, 0.05) is 0 Å². The summed E-state index contributed by atoms with van der Waals surface area (Å²) in [6, 6.07) is 0. The Morgan fingerprint density at radius 2 is 1.73 bits per heavy atom. The molecule has 1 aliphatic heterocycles. The van der Waals surface area contributed by atoms with Gasteiger partial charge in [0.1, 0.15) is 0 Å². The van der Waals surface area contributed by atoms with Crippen LogP contribution in [-0.4, -0.2) is 24.5 Å². The molecule has 1 saturated heterocycles. The SMILES string of the molecule is CC(C)C1CCN(CCC2CCC2)CC1. The first-order chi connectivity index (χ1) is 7.25. The van der Waals surface area contributed by atoms with Gasteiger partial charge < -0.3 is 4.90 Å². The average Bonchev–Trinajstić information content (AvgIpc) is 2.16. The van der Waals surface area contributed by atoms with Crippen LogP contribution < -0.4 is 0 Å². The van der Waals surface area contributed by atoms with E-state index in [0.29, 0.717) is 0 Å². The molecule has 1 nitrogen and oxygen atoms in total. The zero-order valence-corrected chi connectivity index (χ0v) is 10.5. The molecule has 0 aromatic heterocycles. The van der Waals surface area contributed by atoms with Crippen LogP contribution in [0.4, 0.5) is 0 Å². The maximum Gasteiger partial charge on any atom is -0.00160 e. The zero-order valence-electron chi connectivity index (χ0n) is 10.5. The second-order valence-electron chi connectivity index (χ2n) is 6.01. The number of piperidine rings is 1. The Labute approximate surface area is 95.2 Å². The van der Waals surface area contributed by atoms with Crippen LogP contribution in [-0.2, 0) is 0 Å². The molecule has 2 aliphatic rings. The lowest BCUT2D eigenvalue weighted by Gasteiger charge is -2.35.